The number of rotatable bonds is 7. The molecular weight excluding hydrogens is 428 g/mol. The summed E-state index contributed by atoms with van der Waals surface area (Å²) in [7, 11) is 0. The molecule has 1 saturated heterocycles. The maximum absolute atomic E-state index is 12.3. The van der Waals surface area contributed by atoms with E-state index in [1.54, 1.807) is 6.92 Å². The minimum Gasteiger partial charge on any atom is -0.506 e. The van der Waals surface area contributed by atoms with Crippen LogP contribution in [0.4, 0.5) is 0 Å². The molecule has 31 heavy (non-hydrogen) atoms. The number of likely N-dealkylation sites (tertiary alicyclic amines) is 1. The Hall–Kier alpha value is -3.07. The number of aliphatic carboxylic acids is 1. The molecule has 2 aromatic rings. The number of benzene rings is 1. The van der Waals surface area contributed by atoms with Crippen LogP contribution in [0.5, 0.6) is 5.75 Å². The first-order valence-corrected chi connectivity index (χ1v) is 10.3. The average Bonchev–Trinajstić information content (AvgIpc) is 3.20. The Balaban J connectivity index is 1.56. The molecule has 9 nitrogen and oxygen atoms in total. The van der Waals surface area contributed by atoms with E-state index in [0.29, 0.717) is 35.9 Å². The van der Waals surface area contributed by atoms with E-state index < -0.39 is 17.6 Å². The summed E-state index contributed by atoms with van der Waals surface area (Å²) in [6, 6.07) is 1.98. The van der Waals surface area contributed by atoms with Crippen LogP contribution in [-0.4, -0.2) is 52.0 Å². The SMILES string of the molecule is Cc1c(CCC(=O)NCCC(=O)N2CCCC2C(=O)O)c(=O)oc2cc(O)c(Cl)cc12. The topological polar surface area (TPSA) is 137 Å². The molecule has 2 amide bonds. The van der Waals surface area contributed by atoms with Gasteiger partial charge in [0.1, 0.15) is 17.4 Å². The summed E-state index contributed by atoms with van der Waals surface area (Å²) in [4.78, 5) is 49.2. The number of carbonyl (C=O) groups is 3. The normalized spacial score (nSPS) is 15.9. The number of phenolic OH excluding ortho intramolecular Hbond substituents is 1. The zero-order chi connectivity index (χ0) is 22.7. The first-order chi connectivity index (χ1) is 14.7. The van der Waals surface area contributed by atoms with Crippen molar-refractivity contribution in [1.29, 1.82) is 0 Å². The molecule has 1 aromatic carbocycles. The third kappa shape index (κ3) is 4.99. The van der Waals surface area contributed by atoms with Crippen LogP contribution in [0, 0.1) is 6.92 Å². The summed E-state index contributed by atoms with van der Waals surface area (Å²) in [5.41, 5.74) is 0.563. The second-order valence-electron chi connectivity index (χ2n) is 7.48. The van der Waals surface area contributed by atoms with Crippen LogP contribution >= 0.6 is 11.6 Å². The molecule has 1 aliphatic rings. The van der Waals surface area contributed by atoms with Gasteiger partial charge in [0.25, 0.3) is 0 Å². The van der Waals surface area contributed by atoms with Gasteiger partial charge in [-0.1, -0.05) is 11.6 Å². The maximum atomic E-state index is 12.3. The molecule has 0 bridgehead atoms. The Kier molecular flexibility index (Phi) is 6.84. The number of nitrogens with one attached hydrogen (secondary N) is 1. The Bertz CT molecular complexity index is 1100. The predicted octanol–water partition coefficient (Wildman–Crippen LogP) is 1.97. The van der Waals surface area contributed by atoms with E-state index in [1.165, 1.54) is 17.0 Å². The van der Waals surface area contributed by atoms with Gasteiger partial charge in [-0.15, -0.1) is 0 Å². The monoisotopic (exact) mass is 450 g/mol. The second kappa shape index (κ2) is 9.38. The first-order valence-electron chi connectivity index (χ1n) is 9.92. The summed E-state index contributed by atoms with van der Waals surface area (Å²) in [6.07, 6.45) is 1.24. The lowest BCUT2D eigenvalue weighted by molar-refractivity contribution is -0.148. The quantitative estimate of drug-likeness (QED) is 0.548. The first kappa shape index (κ1) is 22.6. The van der Waals surface area contributed by atoms with E-state index in [2.05, 4.69) is 5.32 Å². The van der Waals surface area contributed by atoms with Gasteiger partial charge in [0.15, 0.2) is 0 Å². The van der Waals surface area contributed by atoms with Gasteiger partial charge in [-0.05, 0) is 37.8 Å². The summed E-state index contributed by atoms with van der Waals surface area (Å²) >= 11 is 5.94. The lowest BCUT2D eigenvalue weighted by Gasteiger charge is -2.21. The Morgan fingerprint density at radius 3 is 2.74 bits per heavy atom. The second-order valence-corrected chi connectivity index (χ2v) is 7.88. The smallest absolute Gasteiger partial charge is 0.339 e. The average molecular weight is 451 g/mol. The fraction of sp³-hybridized carbons (Fsp3) is 0.429. The molecule has 1 aliphatic heterocycles. The number of hydrogen-bond donors (Lipinski definition) is 3. The van der Waals surface area contributed by atoms with Crippen LogP contribution in [0.15, 0.2) is 21.3 Å². The van der Waals surface area contributed by atoms with Gasteiger partial charge in [0.2, 0.25) is 11.8 Å². The number of hydrogen-bond acceptors (Lipinski definition) is 6. The number of amides is 2. The number of fused-ring (bicyclic) bond motifs is 1. The standard InChI is InChI=1S/C21H23ClN2O7/c1-11-12(21(30)31-17-10-16(25)14(22)9-13(11)17)4-5-18(26)23-7-6-19(27)24-8-2-3-15(24)20(28)29/h9-10,15,25H,2-8H2,1H3,(H,23,26)(H,28,29). The van der Waals surface area contributed by atoms with Crippen molar-refractivity contribution >= 4 is 40.4 Å². The van der Waals surface area contributed by atoms with Crippen molar-refractivity contribution in [2.24, 2.45) is 0 Å². The van der Waals surface area contributed by atoms with Gasteiger partial charge in [-0.2, -0.15) is 0 Å². The molecule has 1 atom stereocenters. The largest absolute Gasteiger partial charge is 0.506 e. The zero-order valence-corrected chi connectivity index (χ0v) is 17.7. The van der Waals surface area contributed by atoms with E-state index >= 15 is 0 Å². The number of carboxylic acid groups (broad SMARTS) is 1. The van der Waals surface area contributed by atoms with Crippen molar-refractivity contribution in [1.82, 2.24) is 10.2 Å². The number of halogens is 1. The maximum Gasteiger partial charge on any atom is 0.339 e. The van der Waals surface area contributed by atoms with E-state index in [4.69, 9.17) is 21.1 Å². The summed E-state index contributed by atoms with van der Waals surface area (Å²) in [6.45, 7) is 2.21. The van der Waals surface area contributed by atoms with E-state index in [1.807, 2.05) is 0 Å². The number of carboxylic acids is 1. The van der Waals surface area contributed by atoms with Crippen LogP contribution in [-0.2, 0) is 20.8 Å². The number of nitrogens with zero attached hydrogens (tertiary/aromatic N) is 1. The molecule has 10 heteroatoms. The van der Waals surface area contributed by atoms with Crippen molar-refractivity contribution in [3.63, 3.8) is 0 Å². The minimum atomic E-state index is -1.02. The molecule has 1 unspecified atom stereocenters. The van der Waals surface area contributed by atoms with Gasteiger partial charge in [-0.25, -0.2) is 9.59 Å². The van der Waals surface area contributed by atoms with Crippen molar-refractivity contribution in [3.8, 4) is 5.75 Å². The van der Waals surface area contributed by atoms with Crippen molar-refractivity contribution in [2.45, 2.75) is 45.1 Å². The number of phenols is 1. The highest BCUT2D eigenvalue weighted by molar-refractivity contribution is 6.32. The fourth-order valence-electron chi connectivity index (χ4n) is 3.79. The summed E-state index contributed by atoms with van der Waals surface area (Å²) in [5, 5.41) is 22.1. The van der Waals surface area contributed by atoms with Gasteiger partial charge in [0, 0.05) is 42.9 Å². The number of aromatic hydroxyl groups is 1. The van der Waals surface area contributed by atoms with Crippen LogP contribution in [0.25, 0.3) is 11.0 Å². The summed E-state index contributed by atoms with van der Waals surface area (Å²) in [5.74, 6) is -1.86. The molecule has 2 heterocycles. The van der Waals surface area contributed by atoms with Gasteiger partial charge >= 0.3 is 11.6 Å². The molecular formula is C21H23ClN2O7. The predicted molar refractivity (Wildman–Crippen MR) is 112 cm³/mol. The van der Waals surface area contributed by atoms with Gasteiger partial charge in [0.05, 0.1) is 5.02 Å². The van der Waals surface area contributed by atoms with Crippen molar-refractivity contribution in [2.75, 3.05) is 13.1 Å². The molecule has 3 rings (SSSR count). The molecule has 0 aliphatic carbocycles. The molecule has 0 radical (unpaired) electrons. The minimum absolute atomic E-state index is 0.00858. The summed E-state index contributed by atoms with van der Waals surface area (Å²) < 4.78 is 5.24. The van der Waals surface area contributed by atoms with Crippen LogP contribution in [0.2, 0.25) is 5.02 Å². The van der Waals surface area contributed by atoms with E-state index in [-0.39, 0.29) is 54.0 Å². The van der Waals surface area contributed by atoms with E-state index in [9.17, 15) is 24.3 Å². The Morgan fingerprint density at radius 2 is 2.03 bits per heavy atom. The lowest BCUT2D eigenvalue weighted by Crippen LogP contribution is -2.41. The van der Waals surface area contributed by atoms with Crippen LogP contribution < -0.4 is 10.9 Å². The van der Waals surface area contributed by atoms with Crippen LogP contribution in [0.3, 0.4) is 0 Å². The molecule has 1 fully saturated rings. The lowest BCUT2D eigenvalue weighted by atomic mass is 10.0. The number of aryl methyl sites for hydroxylation is 1. The van der Waals surface area contributed by atoms with E-state index in [0.717, 1.165) is 0 Å². The van der Waals surface area contributed by atoms with Gasteiger partial charge in [-0.3, -0.25) is 9.59 Å². The highest BCUT2D eigenvalue weighted by Crippen LogP contribution is 2.31. The van der Waals surface area contributed by atoms with Crippen LogP contribution in [0.1, 0.15) is 36.8 Å². The molecule has 1 aromatic heterocycles. The fourth-order valence-corrected chi connectivity index (χ4v) is 3.95. The highest BCUT2D eigenvalue weighted by atomic mass is 35.5. The third-order valence-corrected chi connectivity index (χ3v) is 5.78. The molecule has 0 spiro atoms. The number of carbonyl (C=O) groups excluding carboxylic acids is 2. The zero-order valence-electron chi connectivity index (χ0n) is 16.9. The Morgan fingerprint density at radius 1 is 1.29 bits per heavy atom. The van der Waals surface area contributed by atoms with Crippen molar-refractivity contribution in [3.05, 3.63) is 38.7 Å². The molecule has 166 valence electrons. The van der Waals surface area contributed by atoms with Crippen molar-refractivity contribution < 1.29 is 29.0 Å². The molecule has 3 N–H and O–H groups in total. The Labute approximate surface area is 182 Å². The van der Waals surface area contributed by atoms with Gasteiger partial charge < -0.3 is 24.8 Å². The molecule has 0 saturated carbocycles. The highest BCUT2D eigenvalue weighted by Gasteiger charge is 2.33. The third-order valence-electron chi connectivity index (χ3n) is 5.48.